The quantitative estimate of drug-likeness (QED) is 0.544. The molecule has 1 aliphatic heterocycles. The molecule has 5 rings (SSSR count). The van der Waals surface area contributed by atoms with E-state index in [9.17, 15) is 4.79 Å². The second kappa shape index (κ2) is 9.56. The zero-order chi connectivity index (χ0) is 22.8. The number of hydrogen-bond donors (Lipinski definition) is 0. The Morgan fingerprint density at radius 2 is 1.61 bits per heavy atom. The number of aromatic nitrogens is 2. The second-order valence-electron chi connectivity index (χ2n) is 9.08. The van der Waals surface area contributed by atoms with E-state index in [1.807, 2.05) is 48.3 Å². The monoisotopic (exact) mass is 463 g/mol. The molecule has 6 nitrogen and oxygen atoms in total. The number of hydrogen-bond acceptors (Lipinski definition) is 5. The van der Waals surface area contributed by atoms with Crippen molar-refractivity contribution in [1.29, 1.82) is 0 Å². The van der Waals surface area contributed by atoms with E-state index in [0.29, 0.717) is 11.7 Å². The van der Waals surface area contributed by atoms with E-state index in [2.05, 4.69) is 32.1 Å². The summed E-state index contributed by atoms with van der Waals surface area (Å²) in [6, 6.07) is 16.3. The highest BCUT2D eigenvalue weighted by atomic mass is 35.5. The first-order valence-electron chi connectivity index (χ1n) is 11.9. The Kier molecular flexibility index (Phi) is 6.36. The van der Waals surface area contributed by atoms with Crippen molar-refractivity contribution in [3.63, 3.8) is 0 Å². The van der Waals surface area contributed by atoms with Gasteiger partial charge in [0.1, 0.15) is 0 Å². The zero-order valence-electron chi connectivity index (χ0n) is 19.1. The maximum absolute atomic E-state index is 13.4. The van der Waals surface area contributed by atoms with Crippen molar-refractivity contribution in [2.24, 2.45) is 0 Å². The van der Waals surface area contributed by atoms with Crippen LogP contribution in [0.4, 0.5) is 11.5 Å². The topological polar surface area (TPSA) is 52.6 Å². The lowest BCUT2D eigenvalue weighted by atomic mass is 9.94. The van der Waals surface area contributed by atoms with Gasteiger partial charge in [0.05, 0.1) is 0 Å². The number of amides is 1. The number of halogens is 1. The lowest BCUT2D eigenvalue weighted by Crippen LogP contribution is -2.47. The molecule has 7 heteroatoms. The van der Waals surface area contributed by atoms with Gasteiger partial charge in [-0.2, -0.15) is 0 Å². The number of rotatable bonds is 4. The summed E-state index contributed by atoms with van der Waals surface area (Å²) in [5, 5.41) is 11.7. The number of anilines is 2. The molecule has 2 heterocycles. The van der Waals surface area contributed by atoms with E-state index in [1.165, 1.54) is 19.3 Å². The Bertz CT molecular complexity index is 1140. The van der Waals surface area contributed by atoms with Gasteiger partial charge in [-0.15, -0.1) is 10.2 Å². The minimum atomic E-state index is -0.0251. The summed E-state index contributed by atoms with van der Waals surface area (Å²) in [5.41, 5.74) is 1.60. The van der Waals surface area contributed by atoms with Gasteiger partial charge in [-0.3, -0.25) is 4.79 Å². The molecule has 0 bridgehead atoms. The highest BCUT2D eigenvalue weighted by Crippen LogP contribution is 2.30. The van der Waals surface area contributed by atoms with E-state index in [0.717, 1.165) is 66.3 Å². The van der Waals surface area contributed by atoms with Crippen molar-refractivity contribution >= 4 is 39.8 Å². The molecule has 1 saturated carbocycles. The lowest BCUT2D eigenvalue weighted by molar-refractivity contribution is 0.0691. The average molecular weight is 464 g/mol. The molecule has 2 aromatic carbocycles. The van der Waals surface area contributed by atoms with Gasteiger partial charge in [0, 0.05) is 60.8 Å². The molecule has 0 N–H and O–H groups in total. The van der Waals surface area contributed by atoms with Crippen molar-refractivity contribution in [2.45, 2.75) is 38.1 Å². The standard InChI is InChI=1S/C26H30ClN5O/c1-30(20-9-3-2-4-10-20)26(33)24-22-12-5-6-13-23(22)25(29-28-24)32-16-14-31(15-17-32)21-11-7-8-19(27)18-21/h5-8,11-13,18,20H,2-4,9-10,14-17H2,1H3. The number of fused-ring (bicyclic) bond motifs is 1. The molecular formula is C26H30ClN5O. The number of carbonyl (C=O) groups excluding carboxylic acids is 1. The molecular weight excluding hydrogens is 434 g/mol. The molecule has 0 atom stereocenters. The van der Waals surface area contributed by atoms with Crippen LogP contribution >= 0.6 is 11.6 Å². The molecule has 0 radical (unpaired) electrons. The summed E-state index contributed by atoms with van der Waals surface area (Å²) in [4.78, 5) is 19.9. The van der Waals surface area contributed by atoms with E-state index < -0.39 is 0 Å². The van der Waals surface area contributed by atoms with E-state index in [1.54, 1.807) is 0 Å². The molecule has 0 spiro atoms. The Morgan fingerprint density at radius 1 is 0.909 bits per heavy atom. The largest absolute Gasteiger partial charge is 0.368 e. The predicted molar refractivity (Wildman–Crippen MR) is 134 cm³/mol. The Labute approximate surface area is 200 Å². The first-order chi connectivity index (χ1) is 16.1. The third-order valence-electron chi connectivity index (χ3n) is 7.07. The van der Waals surface area contributed by atoms with E-state index in [4.69, 9.17) is 11.6 Å². The van der Waals surface area contributed by atoms with Crippen LogP contribution in [0.15, 0.2) is 48.5 Å². The summed E-state index contributed by atoms with van der Waals surface area (Å²) < 4.78 is 0. The van der Waals surface area contributed by atoms with Crippen molar-refractivity contribution in [3.8, 4) is 0 Å². The summed E-state index contributed by atoms with van der Waals surface area (Å²) in [5.74, 6) is 0.830. The molecule has 1 amide bonds. The lowest BCUT2D eigenvalue weighted by Gasteiger charge is -2.37. The van der Waals surface area contributed by atoms with Crippen LogP contribution in [0.3, 0.4) is 0 Å². The molecule has 172 valence electrons. The van der Waals surface area contributed by atoms with Crippen LogP contribution in [0.1, 0.15) is 42.6 Å². The highest BCUT2D eigenvalue weighted by molar-refractivity contribution is 6.30. The van der Waals surface area contributed by atoms with Crippen molar-refractivity contribution in [1.82, 2.24) is 15.1 Å². The molecule has 1 saturated heterocycles. The fourth-order valence-electron chi connectivity index (χ4n) is 5.13. The number of benzene rings is 2. The van der Waals surface area contributed by atoms with Crippen LogP contribution in [0.25, 0.3) is 10.8 Å². The molecule has 0 unspecified atom stereocenters. The molecule has 1 aliphatic carbocycles. The van der Waals surface area contributed by atoms with Gasteiger partial charge >= 0.3 is 0 Å². The van der Waals surface area contributed by atoms with Crippen LogP contribution in [0.2, 0.25) is 5.02 Å². The maximum atomic E-state index is 13.4. The summed E-state index contributed by atoms with van der Waals surface area (Å²) in [6.45, 7) is 3.42. The Balaban J connectivity index is 1.38. The van der Waals surface area contributed by atoms with Gasteiger partial charge < -0.3 is 14.7 Å². The molecule has 2 fully saturated rings. The zero-order valence-corrected chi connectivity index (χ0v) is 19.8. The second-order valence-corrected chi connectivity index (χ2v) is 9.52. The SMILES string of the molecule is CN(C(=O)c1nnc(N2CCN(c3cccc(Cl)c3)CC2)c2ccccc12)C1CCCCC1. The van der Waals surface area contributed by atoms with Gasteiger partial charge in [0.25, 0.3) is 5.91 Å². The number of carbonyl (C=O) groups is 1. The fourth-order valence-corrected chi connectivity index (χ4v) is 5.32. The summed E-state index contributed by atoms with van der Waals surface area (Å²) in [7, 11) is 1.91. The normalized spacial score (nSPS) is 17.4. The van der Waals surface area contributed by atoms with Crippen LogP contribution in [-0.4, -0.2) is 60.3 Å². The number of piperazine rings is 1. The predicted octanol–water partition coefficient (Wildman–Crippen LogP) is 5.01. The van der Waals surface area contributed by atoms with Crippen molar-refractivity contribution in [2.75, 3.05) is 43.0 Å². The Morgan fingerprint density at radius 3 is 2.33 bits per heavy atom. The third-order valence-corrected chi connectivity index (χ3v) is 7.30. The molecule has 1 aromatic heterocycles. The molecule has 2 aliphatic rings. The Hall–Kier alpha value is -2.86. The van der Waals surface area contributed by atoms with E-state index >= 15 is 0 Å². The van der Waals surface area contributed by atoms with Crippen LogP contribution in [0.5, 0.6) is 0 Å². The molecule has 3 aromatic rings. The first-order valence-corrected chi connectivity index (χ1v) is 12.3. The fraction of sp³-hybridized carbons (Fsp3) is 0.423. The third kappa shape index (κ3) is 4.49. The number of nitrogens with zero attached hydrogens (tertiary/aromatic N) is 5. The van der Waals surface area contributed by atoms with Gasteiger partial charge in [0.15, 0.2) is 11.5 Å². The van der Waals surface area contributed by atoms with Gasteiger partial charge in [0.2, 0.25) is 0 Å². The highest BCUT2D eigenvalue weighted by Gasteiger charge is 2.27. The van der Waals surface area contributed by atoms with Crippen molar-refractivity contribution < 1.29 is 4.79 Å². The average Bonchev–Trinajstić information content (AvgIpc) is 2.88. The summed E-state index contributed by atoms with van der Waals surface area (Å²) >= 11 is 6.18. The van der Waals surface area contributed by atoms with Gasteiger partial charge in [-0.1, -0.05) is 61.2 Å². The van der Waals surface area contributed by atoms with Crippen molar-refractivity contribution in [3.05, 3.63) is 59.2 Å². The van der Waals surface area contributed by atoms with Crippen LogP contribution in [0, 0.1) is 0 Å². The van der Waals surface area contributed by atoms with Crippen LogP contribution < -0.4 is 9.80 Å². The van der Waals surface area contributed by atoms with E-state index in [-0.39, 0.29) is 5.91 Å². The van der Waals surface area contributed by atoms with Gasteiger partial charge in [-0.05, 0) is 31.0 Å². The first kappa shape index (κ1) is 22.0. The smallest absolute Gasteiger partial charge is 0.275 e. The minimum Gasteiger partial charge on any atom is -0.368 e. The minimum absolute atomic E-state index is 0.0251. The molecule has 33 heavy (non-hydrogen) atoms. The van der Waals surface area contributed by atoms with Gasteiger partial charge in [-0.25, -0.2) is 0 Å². The summed E-state index contributed by atoms with van der Waals surface area (Å²) in [6.07, 6.45) is 5.79. The van der Waals surface area contributed by atoms with Crippen LogP contribution in [-0.2, 0) is 0 Å². The maximum Gasteiger partial charge on any atom is 0.275 e.